The highest BCUT2D eigenvalue weighted by molar-refractivity contribution is 5.69. The normalized spacial score (nSPS) is 27.7. The minimum Gasteiger partial charge on any atom is -0.462 e. The molecule has 47 heavy (non-hydrogen) atoms. The van der Waals surface area contributed by atoms with Crippen molar-refractivity contribution < 1.29 is 90.5 Å². The van der Waals surface area contributed by atoms with Crippen LogP contribution in [0.15, 0.2) is 0 Å². The van der Waals surface area contributed by atoms with E-state index in [0.29, 0.717) is 0 Å². The second-order valence-corrected chi connectivity index (χ2v) is 10.3. The van der Waals surface area contributed by atoms with E-state index in [4.69, 9.17) is 52.1 Å². The fourth-order valence-corrected chi connectivity index (χ4v) is 4.75. The van der Waals surface area contributed by atoms with E-state index in [2.05, 4.69) is 0 Å². The number of rotatable bonds is 14. The molecule has 2 aliphatic rings. The summed E-state index contributed by atoms with van der Waals surface area (Å²) in [5.41, 5.74) is 0. The molecule has 0 saturated carbocycles. The molecule has 0 unspecified atom stereocenters. The van der Waals surface area contributed by atoms with Crippen LogP contribution in [-0.2, 0) is 90.5 Å². The minimum absolute atomic E-state index is 0.580. The summed E-state index contributed by atoms with van der Waals surface area (Å²) in [6, 6.07) is 0. The zero-order chi connectivity index (χ0) is 35.6. The number of ether oxygens (including phenoxy) is 11. The van der Waals surface area contributed by atoms with E-state index >= 15 is 0 Å². The summed E-state index contributed by atoms with van der Waals surface area (Å²) in [6.45, 7) is 7.23. The van der Waals surface area contributed by atoms with Gasteiger partial charge in [0, 0.05) is 55.4 Å². The van der Waals surface area contributed by atoms with Crippen molar-refractivity contribution in [3.8, 4) is 0 Å². The van der Waals surface area contributed by atoms with Crippen LogP contribution in [0.4, 0.5) is 0 Å². The number of carbonyl (C=O) groups excluding carboxylic acids is 8. The maximum atomic E-state index is 12.2. The molecule has 0 amide bonds. The van der Waals surface area contributed by atoms with Gasteiger partial charge in [-0.2, -0.15) is 0 Å². The highest BCUT2D eigenvalue weighted by Crippen LogP contribution is 2.37. The van der Waals surface area contributed by atoms with Crippen molar-refractivity contribution in [3.05, 3.63) is 0 Å². The summed E-state index contributed by atoms with van der Waals surface area (Å²) in [7, 11) is 0. The third-order valence-electron chi connectivity index (χ3n) is 6.16. The van der Waals surface area contributed by atoms with Crippen LogP contribution in [0.25, 0.3) is 0 Å². The lowest BCUT2D eigenvalue weighted by Crippen LogP contribution is -2.47. The van der Waals surface area contributed by atoms with Crippen molar-refractivity contribution in [1.82, 2.24) is 0 Å². The molecule has 0 aliphatic carbocycles. The van der Waals surface area contributed by atoms with E-state index in [-0.39, 0.29) is 0 Å². The van der Waals surface area contributed by atoms with Crippen molar-refractivity contribution >= 4 is 47.8 Å². The predicted octanol–water partition coefficient (Wildman–Crippen LogP) is -0.831. The third kappa shape index (κ3) is 12.1. The van der Waals surface area contributed by atoms with Crippen molar-refractivity contribution in [2.24, 2.45) is 0 Å². The van der Waals surface area contributed by atoms with Gasteiger partial charge in [0.25, 0.3) is 0 Å². The Hall–Kier alpha value is -4.36. The van der Waals surface area contributed by atoms with Gasteiger partial charge in [-0.15, -0.1) is 0 Å². The van der Waals surface area contributed by atoms with Crippen LogP contribution in [0.1, 0.15) is 55.4 Å². The number of esters is 8. The zero-order valence-electron chi connectivity index (χ0n) is 26.9. The molecule has 0 aromatic heterocycles. The van der Waals surface area contributed by atoms with Crippen molar-refractivity contribution in [2.75, 3.05) is 13.2 Å². The second-order valence-electron chi connectivity index (χ2n) is 10.3. The molecule has 19 heteroatoms. The van der Waals surface area contributed by atoms with E-state index in [0.717, 1.165) is 55.4 Å². The van der Waals surface area contributed by atoms with Crippen LogP contribution in [0.3, 0.4) is 0 Å². The molecule has 2 fully saturated rings. The zero-order valence-corrected chi connectivity index (χ0v) is 26.9. The lowest BCUT2D eigenvalue weighted by atomic mass is 10.0. The fourth-order valence-electron chi connectivity index (χ4n) is 4.75. The lowest BCUT2D eigenvalue weighted by molar-refractivity contribution is -0.279. The Labute approximate surface area is 268 Å². The Morgan fingerprint density at radius 1 is 0.447 bits per heavy atom. The molecule has 10 atom stereocenters. The quantitative estimate of drug-likeness (QED) is 0.161. The summed E-state index contributed by atoms with van der Waals surface area (Å²) in [6.07, 6.45) is -15.6. The summed E-state index contributed by atoms with van der Waals surface area (Å²) in [4.78, 5) is 95.5. The van der Waals surface area contributed by atoms with E-state index in [1.165, 1.54) is 0 Å². The molecule has 2 heterocycles. The standard InChI is InChI=1S/C28H38O19/c1-11(29)37-9-19(39-13(3)31)21-23(41-15(5)33)25(43-17(7)35)27(45-21)47-28-26(44-18(8)36)24(42-16(6)34)22(46-28)20(40-14(4)32)10-38-12(2)30/h19-28H,9-10H2,1-8H3/t19-,20-,21+,22+,23+,24+,25-,26-,27+,28+/m1/s1. The van der Waals surface area contributed by atoms with E-state index in [1.54, 1.807) is 0 Å². The SMILES string of the molecule is CC(=O)OC[C@@H](OC(C)=O)[C@@H]1O[C@@H](O[C@@H]2O[C@@H]([C@@H](COC(C)=O)OC(C)=O)[C@H](OC(C)=O)[C@H]2OC(C)=O)[C@H](OC(C)=O)[C@H]1OC(C)=O. The average Bonchev–Trinajstić information content (AvgIpc) is 3.40. The van der Waals surface area contributed by atoms with Crippen LogP contribution in [0, 0.1) is 0 Å². The summed E-state index contributed by atoms with van der Waals surface area (Å²) in [5, 5.41) is 0. The topological polar surface area (TPSA) is 238 Å². The van der Waals surface area contributed by atoms with E-state index in [1.807, 2.05) is 0 Å². The highest BCUT2D eigenvalue weighted by atomic mass is 16.8. The lowest BCUT2D eigenvalue weighted by Gasteiger charge is -2.27. The average molecular weight is 679 g/mol. The van der Waals surface area contributed by atoms with E-state index in [9.17, 15) is 38.4 Å². The molecule has 19 nitrogen and oxygen atoms in total. The maximum absolute atomic E-state index is 12.2. The Kier molecular flexibility index (Phi) is 14.5. The first-order valence-corrected chi connectivity index (χ1v) is 14.2. The van der Waals surface area contributed by atoms with Crippen molar-refractivity contribution in [1.29, 1.82) is 0 Å². The first-order chi connectivity index (χ1) is 21.9. The molecule has 0 spiro atoms. The Morgan fingerprint density at radius 3 is 1.00 bits per heavy atom. The second kappa shape index (κ2) is 17.5. The van der Waals surface area contributed by atoms with Gasteiger partial charge in [0.1, 0.15) is 25.4 Å². The summed E-state index contributed by atoms with van der Waals surface area (Å²) < 4.78 is 59.8. The van der Waals surface area contributed by atoms with Crippen LogP contribution in [0.2, 0.25) is 0 Å². The molecular weight excluding hydrogens is 640 g/mol. The number of hydrogen-bond acceptors (Lipinski definition) is 19. The maximum Gasteiger partial charge on any atom is 0.303 e. The highest BCUT2D eigenvalue weighted by Gasteiger charge is 2.59. The van der Waals surface area contributed by atoms with Crippen LogP contribution >= 0.6 is 0 Å². The number of hydrogen-bond donors (Lipinski definition) is 0. The van der Waals surface area contributed by atoms with Gasteiger partial charge < -0.3 is 52.1 Å². The molecule has 2 aliphatic heterocycles. The van der Waals surface area contributed by atoms with Gasteiger partial charge in [-0.1, -0.05) is 0 Å². The fraction of sp³-hybridized carbons (Fsp3) is 0.714. The molecule has 0 N–H and O–H groups in total. The Bertz CT molecular complexity index is 1110. The molecular formula is C28H38O19. The van der Waals surface area contributed by atoms with Gasteiger partial charge >= 0.3 is 47.8 Å². The number of carbonyl (C=O) groups is 8. The van der Waals surface area contributed by atoms with Gasteiger partial charge in [0.05, 0.1) is 0 Å². The van der Waals surface area contributed by atoms with Crippen molar-refractivity contribution in [3.63, 3.8) is 0 Å². The smallest absolute Gasteiger partial charge is 0.303 e. The monoisotopic (exact) mass is 678 g/mol. The molecule has 2 rings (SSSR count). The van der Waals surface area contributed by atoms with Gasteiger partial charge in [0.2, 0.25) is 12.6 Å². The predicted molar refractivity (Wildman–Crippen MR) is 145 cm³/mol. The molecule has 2 saturated heterocycles. The molecule has 0 radical (unpaired) electrons. The molecule has 0 bridgehead atoms. The van der Waals surface area contributed by atoms with Crippen LogP contribution in [-0.4, -0.2) is 122 Å². The van der Waals surface area contributed by atoms with Crippen LogP contribution < -0.4 is 0 Å². The van der Waals surface area contributed by atoms with Gasteiger partial charge in [-0.05, 0) is 0 Å². The van der Waals surface area contributed by atoms with E-state index < -0.39 is 122 Å². The molecule has 0 aromatic carbocycles. The first-order valence-electron chi connectivity index (χ1n) is 14.2. The van der Waals surface area contributed by atoms with Gasteiger partial charge in [-0.3, -0.25) is 38.4 Å². The third-order valence-corrected chi connectivity index (χ3v) is 6.16. The largest absolute Gasteiger partial charge is 0.462 e. The van der Waals surface area contributed by atoms with Crippen molar-refractivity contribution in [2.45, 2.75) is 117 Å². The summed E-state index contributed by atoms with van der Waals surface area (Å²) >= 11 is 0. The molecule has 0 aromatic rings. The minimum atomic E-state index is -1.75. The van der Waals surface area contributed by atoms with Gasteiger partial charge in [-0.25, -0.2) is 0 Å². The Morgan fingerprint density at radius 2 is 0.745 bits per heavy atom. The Balaban J connectivity index is 2.59. The summed E-state index contributed by atoms with van der Waals surface area (Å²) in [5.74, 6) is -6.75. The van der Waals surface area contributed by atoms with Crippen LogP contribution in [0.5, 0.6) is 0 Å². The first kappa shape index (κ1) is 38.8. The van der Waals surface area contributed by atoms with Gasteiger partial charge in [0.15, 0.2) is 36.6 Å². The molecule has 264 valence electrons.